The molecule has 0 saturated carbocycles. The van der Waals surface area contributed by atoms with Gasteiger partial charge in [-0.2, -0.15) is 0 Å². The Kier molecular flexibility index (Phi) is 5.69. The van der Waals surface area contributed by atoms with Gasteiger partial charge in [0, 0.05) is 24.1 Å². The third kappa shape index (κ3) is 4.94. The molecule has 2 amide bonds. The molecule has 0 fully saturated rings. The zero-order chi connectivity index (χ0) is 20.1. The summed E-state index contributed by atoms with van der Waals surface area (Å²) in [6.07, 6.45) is 2.83. The van der Waals surface area contributed by atoms with Gasteiger partial charge in [-0.25, -0.2) is 0 Å². The summed E-state index contributed by atoms with van der Waals surface area (Å²) in [6.45, 7) is 5.60. The second-order valence-electron chi connectivity index (χ2n) is 6.38. The number of pyridine rings is 1. The van der Waals surface area contributed by atoms with Crippen molar-refractivity contribution in [1.82, 2.24) is 10.1 Å². The lowest BCUT2D eigenvalue weighted by molar-refractivity contribution is 0.102. The zero-order valence-corrected chi connectivity index (χ0v) is 15.7. The van der Waals surface area contributed by atoms with Gasteiger partial charge in [-0.15, -0.1) is 0 Å². The Morgan fingerprint density at radius 3 is 2.21 bits per heavy atom. The summed E-state index contributed by atoms with van der Waals surface area (Å²) in [6, 6.07) is 10.1. The Morgan fingerprint density at radius 1 is 1.00 bits per heavy atom. The molecule has 0 saturated heterocycles. The number of carbonyl (C=O) groups is 2. The van der Waals surface area contributed by atoms with Crippen LogP contribution in [0.1, 0.15) is 40.3 Å². The highest BCUT2D eigenvalue weighted by atomic mass is 16.5. The van der Waals surface area contributed by atoms with Gasteiger partial charge < -0.3 is 19.9 Å². The number of ether oxygens (including phenoxy) is 1. The quantitative estimate of drug-likeness (QED) is 0.676. The number of benzene rings is 1. The van der Waals surface area contributed by atoms with Crippen LogP contribution in [0.25, 0.3) is 0 Å². The standard InChI is InChI=1S/C20H20N4O4/c1-12(2)27-17-6-4-16(5-7-17)22-19(25)14-9-15(11-21-10-14)20(26)23-18-8-13(3)28-24-18/h4-12H,1-3H3,(H,22,25)(H,23,24,26). The van der Waals surface area contributed by atoms with E-state index in [0.29, 0.717) is 17.3 Å². The maximum atomic E-state index is 12.5. The van der Waals surface area contributed by atoms with E-state index in [-0.39, 0.29) is 23.1 Å². The lowest BCUT2D eigenvalue weighted by Crippen LogP contribution is -2.16. The van der Waals surface area contributed by atoms with E-state index in [1.165, 1.54) is 18.5 Å². The van der Waals surface area contributed by atoms with Gasteiger partial charge in [0.1, 0.15) is 11.5 Å². The molecule has 144 valence electrons. The number of nitrogens with one attached hydrogen (secondary N) is 2. The van der Waals surface area contributed by atoms with E-state index in [9.17, 15) is 9.59 Å². The molecule has 0 aliphatic rings. The summed E-state index contributed by atoms with van der Waals surface area (Å²) in [7, 11) is 0. The zero-order valence-electron chi connectivity index (χ0n) is 15.7. The van der Waals surface area contributed by atoms with Crippen LogP contribution in [-0.2, 0) is 0 Å². The number of amides is 2. The number of rotatable bonds is 6. The lowest BCUT2D eigenvalue weighted by atomic mass is 10.2. The number of hydrogen-bond acceptors (Lipinski definition) is 6. The van der Waals surface area contributed by atoms with Gasteiger partial charge >= 0.3 is 0 Å². The average molecular weight is 380 g/mol. The first-order chi connectivity index (χ1) is 13.4. The van der Waals surface area contributed by atoms with E-state index in [1.54, 1.807) is 37.3 Å². The van der Waals surface area contributed by atoms with Crippen LogP contribution in [0.5, 0.6) is 5.75 Å². The Morgan fingerprint density at radius 2 is 1.64 bits per heavy atom. The summed E-state index contributed by atoms with van der Waals surface area (Å²) >= 11 is 0. The number of aromatic nitrogens is 2. The van der Waals surface area contributed by atoms with E-state index in [2.05, 4.69) is 20.8 Å². The smallest absolute Gasteiger partial charge is 0.258 e. The predicted octanol–water partition coefficient (Wildman–Crippen LogP) is 3.67. The van der Waals surface area contributed by atoms with Crippen molar-refractivity contribution in [3.8, 4) is 5.75 Å². The van der Waals surface area contributed by atoms with Gasteiger partial charge in [-0.1, -0.05) is 5.16 Å². The maximum absolute atomic E-state index is 12.5. The van der Waals surface area contributed by atoms with Gasteiger partial charge in [-0.05, 0) is 51.1 Å². The van der Waals surface area contributed by atoms with Crippen LogP contribution in [0.4, 0.5) is 11.5 Å². The second-order valence-corrected chi connectivity index (χ2v) is 6.38. The molecule has 0 atom stereocenters. The fraction of sp³-hybridized carbons (Fsp3) is 0.200. The van der Waals surface area contributed by atoms with Crippen molar-refractivity contribution in [3.05, 3.63) is 65.7 Å². The highest BCUT2D eigenvalue weighted by Gasteiger charge is 2.13. The molecule has 8 nitrogen and oxygen atoms in total. The molecule has 3 aromatic rings. The monoisotopic (exact) mass is 380 g/mol. The first kappa shape index (κ1) is 19.1. The molecule has 1 aromatic carbocycles. The molecule has 3 rings (SSSR count). The van der Waals surface area contributed by atoms with Crippen LogP contribution in [-0.4, -0.2) is 28.1 Å². The van der Waals surface area contributed by atoms with Crippen molar-refractivity contribution in [2.45, 2.75) is 26.9 Å². The fourth-order valence-corrected chi connectivity index (χ4v) is 2.39. The molecule has 8 heteroatoms. The maximum Gasteiger partial charge on any atom is 0.258 e. The molecule has 2 N–H and O–H groups in total. The third-order valence-corrected chi connectivity index (χ3v) is 3.62. The molecule has 0 radical (unpaired) electrons. The largest absolute Gasteiger partial charge is 0.491 e. The van der Waals surface area contributed by atoms with Gasteiger partial charge in [0.05, 0.1) is 17.2 Å². The van der Waals surface area contributed by atoms with Crippen molar-refractivity contribution in [2.75, 3.05) is 10.6 Å². The second kappa shape index (κ2) is 8.34. The van der Waals surface area contributed by atoms with Gasteiger partial charge in [0.25, 0.3) is 11.8 Å². The molecule has 0 aliphatic heterocycles. The van der Waals surface area contributed by atoms with Crippen LogP contribution in [0.15, 0.2) is 53.3 Å². The Balaban J connectivity index is 1.67. The minimum absolute atomic E-state index is 0.0709. The molecule has 2 aromatic heterocycles. The Bertz CT molecular complexity index is 980. The van der Waals surface area contributed by atoms with Gasteiger partial charge in [0.15, 0.2) is 5.82 Å². The number of hydrogen-bond donors (Lipinski definition) is 2. The number of carbonyl (C=O) groups excluding carboxylic acids is 2. The Hall–Kier alpha value is -3.68. The van der Waals surface area contributed by atoms with Crippen LogP contribution in [0, 0.1) is 6.92 Å². The van der Waals surface area contributed by atoms with Crippen molar-refractivity contribution in [3.63, 3.8) is 0 Å². The van der Waals surface area contributed by atoms with E-state index >= 15 is 0 Å². The summed E-state index contributed by atoms with van der Waals surface area (Å²) in [5.74, 6) is 0.770. The summed E-state index contributed by atoms with van der Waals surface area (Å²) in [5, 5.41) is 9.05. The summed E-state index contributed by atoms with van der Waals surface area (Å²) < 4.78 is 10.5. The van der Waals surface area contributed by atoms with E-state index in [4.69, 9.17) is 9.26 Å². The highest BCUT2D eigenvalue weighted by molar-refractivity contribution is 6.08. The van der Waals surface area contributed by atoms with Crippen LogP contribution in [0.3, 0.4) is 0 Å². The third-order valence-electron chi connectivity index (χ3n) is 3.62. The average Bonchev–Trinajstić information content (AvgIpc) is 3.07. The van der Waals surface area contributed by atoms with Crippen molar-refractivity contribution < 1.29 is 18.8 Å². The molecule has 0 spiro atoms. The SMILES string of the molecule is Cc1cc(NC(=O)c2cncc(C(=O)Nc3ccc(OC(C)C)cc3)c2)no1. The molecule has 2 heterocycles. The Labute approximate surface area is 161 Å². The van der Waals surface area contributed by atoms with Gasteiger partial charge in [-0.3, -0.25) is 14.6 Å². The molecule has 0 unspecified atom stereocenters. The number of nitrogens with zero attached hydrogens (tertiary/aromatic N) is 2. The lowest BCUT2D eigenvalue weighted by Gasteiger charge is -2.11. The van der Waals surface area contributed by atoms with Crippen molar-refractivity contribution in [1.29, 1.82) is 0 Å². The first-order valence-corrected chi connectivity index (χ1v) is 8.68. The summed E-state index contributed by atoms with van der Waals surface area (Å²) in [5.41, 5.74) is 1.09. The molecular weight excluding hydrogens is 360 g/mol. The fourth-order valence-electron chi connectivity index (χ4n) is 2.39. The number of aryl methyl sites for hydroxylation is 1. The predicted molar refractivity (Wildman–Crippen MR) is 104 cm³/mol. The van der Waals surface area contributed by atoms with Crippen LogP contribution < -0.4 is 15.4 Å². The molecule has 0 aliphatic carbocycles. The topological polar surface area (TPSA) is 106 Å². The highest BCUT2D eigenvalue weighted by Crippen LogP contribution is 2.18. The number of anilines is 2. The van der Waals surface area contributed by atoms with Crippen molar-refractivity contribution in [2.24, 2.45) is 0 Å². The van der Waals surface area contributed by atoms with E-state index < -0.39 is 5.91 Å². The van der Waals surface area contributed by atoms with E-state index in [0.717, 1.165) is 5.75 Å². The minimum Gasteiger partial charge on any atom is -0.491 e. The van der Waals surface area contributed by atoms with Crippen molar-refractivity contribution >= 4 is 23.3 Å². The molecule has 0 bridgehead atoms. The minimum atomic E-state index is -0.439. The van der Waals surface area contributed by atoms with Crippen LogP contribution >= 0.6 is 0 Å². The summed E-state index contributed by atoms with van der Waals surface area (Å²) in [4.78, 5) is 28.8. The van der Waals surface area contributed by atoms with E-state index in [1.807, 2.05) is 13.8 Å². The molecule has 28 heavy (non-hydrogen) atoms. The molecular formula is C20H20N4O4. The van der Waals surface area contributed by atoms with Crippen LogP contribution in [0.2, 0.25) is 0 Å². The first-order valence-electron chi connectivity index (χ1n) is 8.68. The normalized spacial score (nSPS) is 10.6. The van der Waals surface area contributed by atoms with Gasteiger partial charge in [0.2, 0.25) is 0 Å².